The Balaban J connectivity index is 1.16. The van der Waals surface area contributed by atoms with E-state index in [4.69, 9.17) is 0 Å². The summed E-state index contributed by atoms with van der Waals surface area (Å²) >= 11 is 0.486. The minimum absolute atomic E-state index is 0.0386. The molecule has 2 aromatic rings. The van der Waals surface area contributed by atoms with E-state index in [1.165, 1.54) is 18.3 Å². The molecule has 1 aliphatic heterocycles. The van der Waals surface area contributed by atoms with Crippen molar-refractivity contribution in [3.63, 3.8) is 0 Å². The second-order valence-corrected chi connectivity index (χ2v) is 12.9. The van der Waals surface area contributed by atoms with Gasteiger partial charge in [-0.05, 0) is 79.5 Å². The lowest BCUT2D eigenvalue weighted by molar-refractivity contribution is -0.141. The monoisotopic (exact) mass is 666 g/mol. The minimum Gasteiger partial charge on any atom is -0.349 e. The SMILES string of the molecule is O=C(NC1CCN(CCCCC2(C(=O)NCC(F)(F)F)C3=C(C=CCC3)c3ccccc32)CC1)c1cccnc1SCC(F)(F)F. The van der Waals surface area contributed by atoms with Crippen molar-refractivity contribution in [3.05, 3.63) is 77.0 Å². The third-order valence-electron chi connectivity index (χ3n) is 8.79. The molecule has 6 nitrogen and oxygen atoms in total. The van der Waals surface area contributed by atoms with E-state index in [9.17, 15) is 35.9 Å². The number of likely N-dealkylation sites (tertiary alicyclic amines) is 1. The Hall–Kier alpha value is -3.32. The molecule has 1 saturated heterocycles. The van der Waals surface area contributed by atoms with Crippen LogP contribution in [0.2, 0.25) is 0 Å². The average molecular weight is 667 g/mol. The van der Waals surface area contributed by atoms with E-state index in [1.54, 1.807) is 0 Å². The van der Waals surface area contributed by atoms with E-state index in [2.05, 4.69) is 20.5 Å². The summed E-state index contributed by atoms with van der Waals surface area (Å²) in [4.78, 5) is 32.8. The van der Waals surface area contributed by atoms with Crippen LogP contribution in [-0.4, -0.2) is 72.0 Å². The highest BCUT2D eigenvalue weighted by molar-refractivity contribution is 7.99. The van der Waals surface area contributed by atoms with E-state index in [-0.39, 0.29) is 16.6 Å². The first-order valence-electron chi connectivity index (χ1n) is 15.4. The van der Waals surface area contributed by atoms with Crippen molar-refractivity contribution in [3.8, 4) is 0 Å². The first-order valence-corrected chi connectivity index (χ1v) is 16.4. The predicted molar refractivity (Wildman–Crippen MR) is 164 cm³/mol. The van der Waals surface area contributed by atoms with Crippen molar-refractivity contribution in [1.29, 1.82) is 0 Å². The summed E-state index contributed by atoms with van der Waals surface area (Å²) < 4.78 is 77.5. The largest absolute Gasteiger partial charge is 0.405 e. The fourth-order valence-electron chi connectivity index (χ4n) is 6.72. The highest BCUT2D eigenvalue weighted by atomic mass is 32.2. The molecule has 3 aliphatic rings. The Morgan fingerprint density at radius 3 is 2.50 bits per heavy atom. The number of benzene rings is 1. The second-order valence-electron chi connectivity index (χ2n) is 11.9. The van der Waals surface area contributed by atoms with Crippen LogP contribution >= 0.6 is 11.8 Å². The lowest BCUT2D eigenvalue weighted by Crippen LogP contribution is -2.48. The van der Waals surface area contributed by atoms with Crippen molar-refractivity contribution < 1.29 is 35.9 Å². The van der Waals surface area contributed by atoms with Gasteiger partial charge in [-0.15, -0.1) is 0 Å². The number of hydrogen-bond acceptors (Lipinski definition) is 5. The number of aromatic nitrogens is 1. The topological polar surface area (TPSA) is 74.3 Å². The van der Waals surface area contributed by atoms with E-state index in [0.717, 1.165) is 41.7 Å². The number of amides is 2. The van der Waals surface area contributed by atoms with Crippen LogP contribution in [0.5, 0.6) is 0 Å². The van der Waals surface area contributed by atoms with Gasteiger partial charge < -0.3 is 15.5 Å². The molecular formula is C33H36F6N4O2S. The number of unbranched alkanes of at least 4 members (excludes halogenated alkanes) is 1. The van der Waals surface area contributed by atoms with Crippen molar-refractivity contribution in [1.82, 2.24) is 20.5 Å². The Labute approximate surface area is 268 Å². The zero-order chi connectivity index (χ0) is 33.0. The van der Waals surface area contributed by atoms with E-state index in [0.29, 0.717) is 57.0 Å². The van der Waals surface area contributed by atoms with E-state index < -0.39 is 41.9 Å². The maximum atomic E-state index is 13.7. The van der Waals surface area contributed by atoms with Crippen LogP contribution in [0, 0.1) is 0 Å². The quantitative estimate of drug-likeness (QED) is 0.156. The minimum atomic E-state index is -4.52. The Bertz CT molecular complexity index is 1480. The molecule has 13 heteroatoms. The molecule has 0 bridgehead atoms. The Morgan fingerprint density at radius 2 is 1.76 bits per heavy atom. The Kier molecular flexibility index (Phi) is 10.5. The molecule has 0 saturated carbocycles. The fourth-order valence-corrected chi connectivity index (χ4v) is 7.47. The molecule has 1 unspecified atom stereocenters. The average Bonchev–Trinajstić information content (AvgIpc) is 3.32. The smallest absolute Gasteiger partial charge is 0.349 e. The third kappa shape index (κ3) is 7.96. The molecule has 2 N–H and O–H groups in total. The van der Waals surface area contributed by atoms with Crippen LogP contribution in [0.25, 0.3) is 5.57 Å². The van der Waals surface area contributed by atoms with Gasteiger partial charge in [0.1, 0.15) is 11.6 Å². The molecule has 248 valence electrons. The van der Waals surface area contributed by atoms with Gasteiger partial charge in [0.25, 0.3) is 5.91 Å². The van der Waals surface area contributed by atoms with Gasteiger partial charge >= 0.3 is 12.4 Å². The molecule has 1 fully saturated rings. The first-order chi connectivity index (χ1) is 21.9. The van der Waals surface area contributed by atoms with Crippen LogP contribution in [0.4, 0.5) is 26.3 Å². The van der Waals surface area contributed by atoms with Crippen LogP contribution in [-0.2, 0) is 10.2 Å². The summed E-state index contributed by atoms with van der Waals surface area (Å²) in [6.45, 7) is 0.755. The number of piperidine rings is 1. The van der Waals surface area contributed by atoms with Crippen molar-refractivity contribution in [2.45, 2.75) is 73.8 Å². The zero-order valence-corrected chi connectivity index (χ0v) is 26.0. The zero-order valence-electron chi connectivity index (χ0n) is 25.1. The number of carbonyl (C=O) groups is 2. The van der Waals surface area contributed by atoms with Gasteiger partial charge in [-0.1, -0.05) is 54.6 Å². The molecule has 1 atom stereocenters. The number of alkyl halides is 6. The summed E-state index contributed by atoms with van der Waals surface area (Å²) in [5, 5.41) is 5.17. The van der Waals surface area contributed by atoms with E-state index in [1.807, 2.05) is 36.4 Å². The second kappa shape index (κ2) is 14.2. The number of pyridine rings is 1. The summed E-state index contributed by atoms with van der Waals surface area (Å²) in [5.41, 5.74) is 2.45. The van der Waals surface area contributed by atoms with Crippen LogP contribution in [0.15, 0.2) is 65.3 Å². The lowest BCUT2D eigenvalue weighted by atomic mass is 9.70. The highest BCUT2D eigenvalue weighted by Crippen LogP contribution is 2.53. The van der Waals surface area contributed by atoms with E-state index >= 15 is 0 Å². The summed E-state index contributed by atoms with van der Waals surface area (Å²) in [7, 11) is 0. The molecule has 1 aromatic heterocycles. The lowest BCUT2D eigenvalue weighted by Gasteiger charge is -2.35. The maximum Gasteiger partial charge on any atom is 0.405 e. The van der Waals surface area contributed by atoms with Gasteiger partial charge in [-0.3, -0.25) is 9.59 Å². The number of fused-ring (bicyclic) bond motifs is 2. The number of carbonyl (C=O) groups excluding carboxylic acids is 2. The first kappa shape index (κ1) is 34.0. The summed E-state index contributed by atoms with van der Waals surface area (Å²) in [6, 6.07) is 10.3. The molecule has 2 aliphatic carbocycles. The van der Waals surface area contributed by atoms with Crippen LogP contribution < -0.4 is 10.6 Å². The molecule has 5 rings (SSSR count). The number of allylic oxidation sites excluding steroid dienone is 3. The fraction of sp³-hybridized carbons (Fsp3) is 0.485. The molecule has 2 amide bonds. The highest BCUT2D eigenvalue weighted by Gasteiger charge is 2.50. The van der Waals surface area contributed by atoms with Gasteiger partial charge in [-0.25, -0.2) is 4.98 Å². The normalized spacial score (nSPS) is 20.4. The number of nitrogens with zero attached hydrogens (tertiary/aromatic N) is 2. The molecule has 46 heavy (non-hydrogen) atoms. The maximum absolute atomic E-state index is 13.7. The number of rotatable bonds is 11. The summed E-state index contributed by atoms with van der Waals surface area (Å²) in [5.74, 6) is -2.19. The molecule has 1 aromatic carbocycles. The molecular weight excluding hydrogens is 630 g/mol. The third-order valence-corrected chi connectivity index (χ3v) is 9.86. The molecule has 2 heterocycles. The van der Waals surface area contributed by atoms with Gasteiger partial charge in [-0.2, -0.15) is 26.3 Å². The number of nitrogens with one attached hydrogen (secondary N) is 2. The van der Waals surface area contributed by atoms with Crippen molar-refractivity contribution >= 4 is 29.1 Å². The standard InChI is InChI=1S/C33H36F6N4O2S/c34-32(35,36)20-41-30(45)31(26-11-3-1-8-23(26)24-9-2-4-12-27(24)31)15-5-6-17-43-18-13-22(14-19-43)42-28(44)25-10-7-16-40-29(25)46-21-33(37,38)39/h1-3,7-11,16,22H,4-6,12-15,17-21H2,(H,41,45)(H,42,44). The van der Waals surface area contributed by atoms with Crippen LogP contribution in [0.3, 0.4) is 0 Å². The predicted octanol–water partition coefficient (Wildman–Crippen LogP) is 6.83. The van der Waals surface area contributed by atoms with Gasteiger partial charge in [0.2, 0.25) is 5.91 Å². The molecule has 0 radical (unpaired) electrons. The van der Waals surface area contributed by atoms with Gasteiger partial charge in [0.15, 0.2) is 0 Å². The van der Waals surface area contributed by atoms with Crippen molar-refractivity contribution in [2.75, 3.05) is 31.9 Å². The van der Waals surface area contributed by atoms with Crippen molar-refractivity contribution in [2.24, 2.45) is 0 Å². The number of thioether (sulfide) groups is 1. The number of halogens is 6. The van der Waals surface area contributed by atoms with Crippen LogP contribution in [0.1, 0.15) is 66.4 Å². The van der Waals surface area contributed by atoms with Gasteiger partial charge in [0, 0.05) is 25.3 Å². The van der Waals surface area contributed by atoms with Gasteiger partial charge in [0.05, 0.1) is 16.7 Å². The summed E-state index contributed by atoms with van der Waals surface area (Å²) in [6.07, 6.45) is 0.907. The molecule has 0 spiro atoms. The Morgan fingerprint density at radius 1 is 1.00 bits per heavy atom. The number of hydrogen-bond donors (Lipinski definition) is 2.